The van der Waals surface area contributed by atoms with E-state index in [1.807, 2.05) is 62.4 Å². The molecule has 0 aliphatic rings. The third-order valence-corrected chi connectivity index (χ3v) is 4.51. The Morgan fingerprint density at radius 2 is 1.76 bits per heavy atom. The van der Waals surface area contributed by atoms with Gasteiger partial charge in [-0.1, -0.05) is 42.5 Å². The van der Waals surface area contributed by atoms with Gasteiger partial charge in [0.15, 0.2) is 0 Å². The van der Waals surface area contributed by atoms with Crippen LogP contribution in [0.25, 0.3) is 22.3 Å². The first-order chi connectivity index (χ1) is 14.0. The fourth-order valence-corrected chi connectivity index (χ4v) is 3.33. The van der Waals surface area contributed by atoms with Crippen LogP contribution in [0.3, 0.4) is 0 Å². The van der Waals surface area contributed by atoms with E-state index in [9.17, 15) is 10.1 Å². The summed E-state index contributed by atoms with van der Waals surface area (Å²) >= 11 is 0. The number of aryl methyl sites for hydroxylation is 1. The molecular weight excluding hydrogens is 364 g/mol. The van der Waals surface area contributed by atoms with Crippen molar-refractivity contribution < 1.29 is 14.3 Å². The predicted octanol–water partition coefficient (Wildman–Crippen LogP) is 5.19. The topological polar surface area (TPSA) is 64.2 Å². The molecule has 5 heteroatoms. The molecule has 0 fully saturated rings. The van der Waals surface area contributed by atoms with Gasteiger partial charge in [0.25, 0.3) is 0 Å². The molecule has 29 heavy (non-hydrogen) atoms. The number of esters is 1. The number of carbonyl (C=O) groups excluding carboxylic acids is 1. The molecule has 0 radical (unpaired) electrons. The van der Waals surface area contributed by atoms with Crippen molar-refractivity contribution >= 4 is 5.97 Å². The fourth-order valence-electron chi connectivity index (χ4n) is 3.33. The number of rotatable bonds is 6. The first-order valence-corrected chi connectivity index (χ1v) is 9.59. The average molecular weight is 388 g/mol. The largest absolute Gasteiger partial charge is 0.490 e. The van der Waals surface area contributed by atoms with Gasteiger partial charge in [0.05, 0.1) is 18.3 Å². The van der Waals surface area contributed by atoms with Crippen LogP contribution in [0.4, 0.5) is 0 Å². The third kappa shape index (κ3) is 4.17. The highest BCUT2D eigenvalue weighted by Crippen LogP contribution is 2.34. The van der Waals surface area contributed by atoms with Crippen molar-refractivity contribution in [2.75, 3.05) is 6.61 Å². The summed E-state index contributed by atoms with van der Waals surface area (Å²) < 4.78 is 12.8. The molecule has 0 saturated carbocycles. The normalized spacial score (nSPS) is 10.6. The van der Waals surface area contributed by atoms with Gasteiger partial charge in [-0.25, -0.2) is 4.79 Å². The highest BCUT2D eigenvalue weighted by atomic mass is 16.5. The van der Waals surface area contributed by atoms with Gasteiger partial charge >= 0.3 is 5.97 Å². The van der Waals surface area contributed by atoms with Gasteiger partial charge in [0.1, 0.15) is 17.5 Å². The van der Waals surface area contributed by atoms with Gasteiger partial charge in [0, 0.05) is 24.4 Å². The van der Waals surface area contributed by atoms with Gasteiger partial charge < -0.3 is 14.0 Å². The quantitative estimate of drug-likeness (QED) is 0.545. The Morgan fingerprint density at radius 3 is 2.38 bits per heavy atom. The van der Waals surface area contributed by atoms with E-state index in [2.05, 4.69) is 6.07 Å². The van der Waals surface area contributed by atoms with Gasteiger partial charge in [0.2, 0.25) is 0 Å². The second-order valence-corrected chi connectivity index (χ2v) is 6.95. The van der Waals surface area contributed by atoms with Crippen molar-refractivity contribution in [2.45, 2.75) is 26.9 Å². The van der Waals surface area contributed by atoms with E-state index in [4.69, 9.17) is 9.47 Å². The minimum absolute atomic E-state index is 0.0741. The smallest absolute Gasteiger partial charge is 0.355 e. The van der Waals surface area contributed by atoms with E-state index in [0.717, 1.165) is 22.4 Å². The minimum Gasteiger partial charge on any atom is -0.490 e. The van der Waals surface area contributed by atoms with E-state index in [1.54, 1.807) is 24.7 Å². The standard InChI is InChI=1S/C24H24N2O3/c1-5-28-24(27)23-22(19(14-25)15-26(23)4)18-12-10-17(11-13-18)20-8-6-7-9-21(20)29-16(2)3/h6-13,15-16H,5H2,1-4H3. The molecule has 0 aliphatic heterocycles. The van der Waals surface area contributed by atoms with Crippen LogP contribution >= 0.6 is 0 Å². The van der Waals surface area contributed by atoms with Crippen molar-refractivity contribution in [1.82, 2.24) is 4.57 Å². The lowest BCUT2D eigenvalue weighted by Crippen LogP contribution is -2.10. The Balaban J connectivity index is 2.05. The third-order valence-electron chi connectivity index (χ3n) is 4.51. The lowest BCUT2D eigenvalue weighted by Gasteiger charge is -2.14. The van der Waals surface area contributed by atoms with Crippen molar-refractivity contribution in [1.29, 1.82) is 5.26 Å². The molecule has 3 rings (SSSR count). The zero-order chi connectivity index (χ0) is 21.0. The number of aromatic nitrogens is 1. The van der Waals surface area contributed by atoms with Crippen LogP contribution in [0, 0.1) is 11.3 Å². The van der Waals surface area contributed by atoms with E-state index in [1.165, 1.54) is 0 Å². The molecule has 5 nitrogen and oxygen atoms in total. The summed E-state index contributed by atoms with van der Waals surface area (Å²) in [6.45, 7) is 6.03. The molecule has 0 saturated heterocycles. The number of nitriles is 1. The van der Waals surface area contributed by atoms with Crippen LogP contribution in [-0.4, -0.2) is 23.2 Å². The first kappa shape index (κ1) is 20.2. The summed E-state index contributed by atoms with van der Waals surface area (Å²) in [4.78, 5) is 12.5. The maximum atomic E-state index is 12.5. The molecule has 3 aromatic rings. The van der Waals surface area contributed by atoms with Crippen molar-refractivity contribution in [3.05, 3.63) is 66.0 Å². The van der Waals surface area contributed by atoms with Crippen LogP contribution in [0.15, 0.2) is 54.7 Å². The van der Waals surface area contributed by atoms with Crippen LogP contribution in [0.2, 0.25) is 0 Å². The number of hydrogen-bond donors (Lipinski definition) is 0. The summed E-state index contributed by atoms with van der Waals surface area (Å²) in [6, 6.07) is 17.8. The number of nitrogens with zero attached hydrogens (tertiary/aromatic N) is 2. The Labute approximate surface area is 171 Å². The van der Waals surface area contributed by atoms with Crippen LogP contribution in [0.1, 0.15) is 36.8 Å². The van der Waals surface area contributed by atoms with Crippen LogP contribution in [0.5, 0.6) is 5.75 Å². The second-order valence-electron chi connectivity index (χ2n) is 6.95. The molecule has 1 aromatic heterocycles. The van der Waals surface area contributed by atoms with E-state index < -0.39 is 5.97 Å². The maximum Gasteiger partial charge on any atom is 0.355 e. The SMILES string of the molecule is CCOC(=O)c1c(-c2ccc(-c3ccccc3OC(C)C)cc2)c(C#N)cn1C. The van der Waals surface area contributed by atoms with Crippen molar-refractivity contribution in [2.24, 2.45) is 7.05 Å². The number of carbonyl (C=O) groups is 1. The lowest BCUT2D eigenvalue weighted by atomic mass is 9.97. The summed E-state index contributed by atoms with van der Waals surface area (Å²) in [5, 5.41) is 9.55. The Hall–Kier alpha value is -3.52. The highest BCUT2D eigenvalue weighted by Gasteiger charge is 2.23. The van der Waals surface area contributed by atoms with Gasteiger partial charge in [-0.2, -0.15) is 5.26 Å². The van der Waals surface area contributed by atoms with Crippen LogP contribution < -0.4 is 4.74 Å². The lowest BCUT2D eigenvalue weighted by molar-refractivity contribution is 0.0516. The first-order valence-electron chi connectivity index (χ1n) is 9.59. The molecule has 148 valence electrons. The number of ether oxygens (including phenoxy) is 2. The highest BCUT2D eigenvalue weighted by molar-refractivity contribution is 5.98. The number of para-hydroxylation sites is 1. The zero-order valence-corrected chi connectivity index (χ0v) is 17.1. The molecule has 0 spiro atoms. The molecule has 0 atom stereocenters. The molecule has 0 aliphatic carbocycles. The number of hydrogen-bond acceptors (Lipinski definition) is 4. The predicted molar refractivity (Wildman–Crippen MR) is 113 cm³/mol. The number of benzene rings is 2. The van der Waals surface area contributed by atoms with Crippen molar-refractivity contribution in [3.8, 4) is 34.1 Å². The summed E-state index contributed by atoms with van der Waals surface area (Å²) in [5.74, 6) is 0.381. The van der Waals surface area contributed by atoms with Gasteiger partial charge in [-0.3, -0.25) is 0 Å². The summed E-state index contributed by atoms with van der Waals surface area (Å²) in [6.07, 6.45) is 1.73. The van der Waals surface area contributed by atoms with Crippen LogP contribution in [-0.2, 0) is 11.8 Å². The van der Waals surface area contributed by atoms with Gasteiger partial charge in [-0.05, 0) is 38.0 Å². The average Bonchev–Trinajstić information content (AvgIpc) is 3.04. The van der Waals surface area contributed by atoms with E-state index in [-0.39, 0.29) is 12.7 Å². The molecular formula is C24H24N2O3. The molecule has 0 bridgehead atoms. The Morgan fingerprint density at radius 1 is 1.10 bits per heavy atom. The minimum atomic E-state index is -0.439. The van der Waals surface area contributed by atoms with E-state index >= 15 is 0 Å². The fraction of sp³-hybridized carbons (Fsp3) is 0.250. The zero-order valence-electron chi connectivity index (χ0n) is 17.1. The monoisotopic (exact) mass is 388 g/mol. The maximum absolute atomic E-state index is 12.5. The Kier molecular flexibility index (Phi) is 6.04. The Bertz CT molecular complexity index is 1060. The summed E-state index contributed by atoms with van der Waals surface area (Å²) in [7, 11) is 1.74. The van der Waals surface area contributed by atoms with E-state index in [0.29, 0.717) is 16.8 Å². The van der Waals surface area contributed by atoms with Gasteiger partial charge in [-0.15, -0.1) is 0 Å². The second kappa shape index (κ2) is 8.66. The molecule has 0 amide bonds. The molecule has 2 aromatic carbocycles. The molecule has 0 unspecified atom stereocenters. The molecule has 0 N–H and O–H groups in total. The molecule has 1 heterocycles. The summed E-state index contributed by atoms with van der Waals surface area (Å²) in [5.41, 5.74) is 4.18. The van der Waals surface area contributed by atoms with Crippen molar-refractivity contribution in [3.63, 3.8) is 0 Å².